The highest BCUT2D eigenvalue weighted by Crippen LogP contribution is 2.26. The molecule has 0 atom stereocenters. The lowest BCUT2D eigenvalue weighted by Gasteiger charge is -2.10. The van der Waals surface area contributed by atoms with Crippen molar-refractivity contribution in [1.29, 1.82) is 0 Å². The van der Waals surface area contributed by atoms with Gasteiger partial charge < -0.3 is 14.6 Å². The lowest BCUT2D eigenvalue weighted by atomic mass is 10.2. The van der Waals surface area contributed by atoms with Crippen molar-refractivity contribution in [3.8, 4) is 11.5 Å². The Morgan fingerprint density at radius 1 is 1.35 bits per heavy atom. The Kier molecular flexibility index (Phi) is 5.38. The zero-order chi connectivity index (χ0) is 14.4. The van der Waals surface area contributed by atoms with Gasteiger partial charge in [-0.25, -0.2) is 4.98 Å². The fraction of sp³-hybridized carbons (Fsp3) is 0.400. The van der Waals surface area contributed by atoms with E-state index in [9.17, 15) is 5.11 Å². The monoisotopic (exact) mass is 293 g/mol. The van der Waals surface area contributed by atoms with E-state index in [1.807, 2.05) is 5.38 Å². The first kappa shape index (κ1) is 14.8. The highest BCUT2D eigenvalue weighted by Gasteiger charge is 2.07. The molecule has 2 aromatic rings. The van der Waals surface area contributed by atoms with Gasteiger partial charge in [0.15, 0.2) is 0 Å². The molecule has 0 saturated heterocycles. The van der Waals surface area contributed by atoms with Gasteiger partial charge in [-0.05, 0) is 25.0 Å². The first-order chi connectivity index (χ1) is 9.76. The minimum Gasteiger partial charge on any atom is -0.497 e. The summed E-state index contributed by atoms with van der Waals surface area (Å²) in [6.07, 6.45) is 2.10. The van der Waals surface area contributed by atoms with Gasteiger partial charge in [0.1, 0.15) is 18.1 Å². The van der Waals surface area contributed by atoms with Gasteiger partial charge in [0, 0.05) is 17.0 Å². The quantitative estimate of drug-likeness (QED) is 0.852. The van der Waals surface area contributed by atoms with Gasteiger partial charge in [0.05, 0.1) is 24.4 Å². The summed E-state index contributed by atoms with van der Waals surface area (Å²) >= 11 is 1.66. The fourth-order valence-corrected chi connectivity index (χ4v) is 2.71. The number of methoxy groups -OCH3 is 1. The average molecular weight is 293 g/mol. The number of thiazole rings is 1. The van der Waals surface area contributed by atoms with Crippen molar-refractivity contribution in [2.24, 2.45) is 0 Å². The van der Waals surface area contributed by atoms with Crippen LogP contribution >= 0.6 is 11.3 Å². The van der Waals surface area contributed by atoms with Crippen LogP contribution in [0.3, 0.4) is 0 Å². The molecule has 0 bridgehead atoms. The van der Waals surface area contributed by atoms with Crippen molar-refractivity contribution < 1.29 is 14.6 Å². The second-order valence-electron chi connectivity index (χ2n) is 4.40. The number of hydrogen-bond acceptors (Lipinski definition) is 5. The van der Waals surface area contributed by atoms with E-state index in [1.54, 1.807) is 36.6 Å². The summed E-state index contributed by atoms with van der Waals surface area (Å²) in [4.78, 5) is 4.51. The molecule has 0 unspecified atom stereocenters. The Balaban J connectivity index is 2.05. The topological polar surface area (TPSA) is 51.6 Å². The van der Waals surface area contributed by atoms with Crippen LogP contribution in [0.5, 0.6) is 11.5 Å². The third-order valence-electron chi connectivity index (χ3n) is 2.88. The molecule has 1 N–H and O–H groups in total. The van der Waals surface area contributed by atoms with Crippen molar-refractivity contribution in [3.05, 3.63) is 39.8 Å². The molecule has 1 aromatic heterocycles. The molecule has 0 aliphatic heterocycles. The molecule has 0 saturated carbocycles. The van der Waals surface area contributed by atoms with Crippen LogP contribution in [-0.2, 0) is 19.6 Å². The Morgan fingerprint density at radius 3 is 2.90 bits per heavy atom. The molecule has 0 spiro atoms. The highest BCUT2D eigenvalue weighted by molar-refractivity contribution is 7.09. The minimum atomic E-state index is -0.0581. The van der Waals surface area contributed by atoms with Gasteiger partial charge in [-0.1, -0.05) is 6.92 Å². The number of rotatable bonds is 7. The van der Waals surface area contributed by atoms with Gasteiger partial charge in [-0.3, -0.25) is 0 Å². The second kappa shape index (κ2) is 7.26. The summed E-state index contributed by atoms with van der Waals surface area (Å²) in [7, 11) is 1.61. The molecule has 0 fully saturated rings. The standard InChI is InChI=1S/C15H19NO3S/c1-3-4-15-16-12(10-20-15)9-19-14-7-13(18-2)6-5-11(14)8-17/h5-7,10,17H,3-4,8-9H2,1-2H3. The average Bonchev–Trinajstić information content (AvgIpc) is 2.93. The van der Waals surface area contributed by atoms with Crippen molar-refractivity contribution in [3.63, 3.8) is 0 Å². The predicted molar refractivity (Wildman–Crippen MR) is 79.4 cm³/mol. The highest BCUT2D eigenvalue weighted by atomic mass is 32.1. The predicted octanol–water partition coefficient (Wildman–Crippen LogP) is 3.18. The number of hydrogen-bond donors (Lipinski definition) is 1. The van der Waals surface area contributed by atoms with Gasteiger partial charge >= 0.3 is 0 Å². The van der Waals surface area contributed by atoms with E-state index in [0.717, 1.165) is 29.1 Å². The van der Waals surface area contributed by atoms with Crippen LogP contribution < -0.4 is 9.47 Å². The Morgan fingerprint density at radius 2 is 2.20 bits per heavy atom. The molecular weight excluding hydrogens is 274 g/mol. The largest absolute Gasteiger partial charge is 0.497 e. The molecule has 108 valence electrons. The second-order valence-corrected chi connectivity index (χ2v) is 5.35. The summed E-state index contributed by atoms with van der Waals surface area (Å²) in [5.41, 5.74) is 1.67. The zero-order valence-electron chi connectivity index (χ0n) is 11.8. The van der Waals surface area contributed by atoms with E-state index in [1.165, 1.54) is 0 Å². The maximum atomic E-state index is 9.32. The van der Waals surface area contributed by atoms with Crippen LogP contribution in [0.25, 0.3) is 0 Å². The Labute approximate surface area is 123 Å². The number of aliphatic hydroxyl groups excluding tert-OH is 1. The molecule has 0 aliphatic carbocycles. The van der Waals surface area contributed by atoms with Gasteiger partial charge in [-0.2, -0.15) is 0 Å². The molecule has 4 nitrogen and oxygen atoms in total. The van der Waals surface area contributed by atoms with E-state index < -0.39 is 0 Å². The van der Waals surface area contributed by atoms with Crippen LogP contribution in [0.1, 0.15) is 29.6 Å². The smallest absolute Gasteiger partial charge is 0.131 e. The molecule has 5 heteroatoms. The van der Waals surface area contributed by atoms with Crippen LogP contribution in [0.4, 0.5) is 0 Å². The molecule has 20 heavy (non-hydrogen) atoms. The number of ether oxygens (including phenoxy) is 2. The number of benzene rings is 1. The maximum Gasteiger partial charge on any atom is 0.131 e. The summed E-state index contributed by atoms with van der Waals surface area (Å²) in [6, 6.07) is 5.39. The molecule has 0 amide bonds. The third-order valence-corrected chi connectivity index (χ3v) is 3.84. The molecular formula is C15H19NO3S. The molecule has 0 radical (unpaired) electrons. The van der Waals surface area contributed by atoms with Crippen molar-refractivity contribution in [2.45, 2.75) is 33.0 Å². The van der Waals surface area contributed by atoms with Crippen LogP contribution in [0.15, 0.2) is 23.6 Å². The number of aliphatic hydroxyl groups is 1. The normalized spacial score (nSPS) is 10.6. The number of nitrogens with zero attached hydrogens (tertiary/aromatic N) is 1. The molecule has 1 aromatic carbocycles. The van der Waals surface area contributed by atoms with Crippen LogP contribution in [0.2, 0.25) is 0 Å². The number of aromatic nitrogens is 1. The van der Waals surface area contributed by atoms with Crippen molar-refractivity contribution in [2.75, 3.05) is 7.11 Å². The fourth-order valence-electron chi connectivity index (χ4n) is 1.82. The third kappa shape index (κ3) is 3.71. The lowest BCUT2D eigenvalue weighted by molar-refractivity contribution is 0.256. The van der Waals surface area contributed by atoms with E-state index >= 15 is 0 Å². The molecule has 0 aliphatic rings. The van der Waals surface area contributed by atoms with Crippen LogP contribution in [0, 0.1) is 0 Å². The summed E-state index contributed by atoms with van der Waals surface area (Å²) in [5, 5.41) is 12.5. The van der Waals surface area contributed by atoms with Gasteiger partial charge in [-0.15, -0.1) is 11.3 Å². The molecule has 2 rings (SSSR count). The van der Waals surface area contributed by atoms with Crippen molar-refractivity contribution in [1.82, 2.24) is 4.98 Å². The minimum absolute atomic E-state index is 0.0581. The first-order valence-corrected chi connectivity index (χ1v) is 7.48. The van der Waals surface area contributed by atoms with E-state index in [4.69, 9.17) is 9.47 Å². The van der Waals surface area contributed by atoms with Crippen LogP contribution in [-0.4, -0.2) is 17.2 Å². The van der Waals surface area contributed by atoms with Gasteiger partial charge in [0.25, 0.3) is 0 Å². The first-order valence-electron chi connectivity index (χ1n) is 6.60. The summed E-state index contributed by atoms with van der Waals surface area (Å²) in [6.45, 7) is 2.49. The lowest BCUT2D eigenvalue weighted by Crippen LogP contribution is -2.00. The van der Waals surface area contributed by atoms with Crippen molar-refractivity contribution >= 4 is 11.3 Å². The summed E-state index contributed by atoms with van der Waals surface area (Å²) < 4.78 is 10.9. The SMILES string of the molecule is CCCc1nc(COc2cc(OC)ccc2CO)cs1. The summed E-state index contributed by atoms with van der Waals surface area (Å²) in [5.74, 6) is 1.35. The Hall–Kier alpha value is -1.59. The van der Waals surface area contributed by atoms with E-state index in [2.05, 4.69) is 11.9 Å². The zero-order valence-corrected chi connectivity index (χ0v) is 12.6. The maximum absolute atomic E-state index is 9.32. The van der Waals surface area contributed by atoms with E-state index in [0.29, 0.717) is 18.1 Å². The number of aryl methyl sites for hydroxylation is 1. The molecule has 1 heterocycles. The van der Waals surface area contributed by atoms with E-state index in [-0.39, 0.29) is 6.61 Å². The Bertz CT molecular complexity index is 554. The van der Waals surface area contributed by atoms with Gasteiger partial charge in [0.2, 0.25) is 0 Å².